The summed E-state index contributed by atoms with van der Waals surface area (Å²) in [5.41, 5.74) is 0.926. The number of rotatable bonds is 9. The molecule has 0 unspecified atom stereocenters. The van der Waals surface area contributed by atoms with Gasteiger partial charge < -0.3 is 24.8 Å². The Bertz CT molecular complexity index is 843. The SMILES string of the molecule is Cc1nnc(CNC(=NCc2cccc(N(C)C)n2)NCCCN2CCOCC2)n1C. The maximum absolute atomic E-state index is 5.42. The summed E-state index contributed by atoms with van der Waals surface area (Å²) in [7, 11) is 5.94. The van der Waals surface area contributed by atoms with Crippen LogP contribution in [0, 0.1) is 6.92 Å². The van der Waals surface area contributed by atoms with E-state index >= 15 is 0 Å². The summed E-state index contributed by atoms with van der Waals surface area (Å²) in [6.45, 7) is 8.58. The van der Waals surface area contributed by atoms with E-state index in [0.29, 0.717) is 13.1 Å². The van der Waals surface area contributed by atoms with E-state index in [1.807, 2.05) is 55.7 Å². The number of hydrogen-bond acceptors (Lipinski definition) is 7. The van der Waals surface area contributed by atoms with Gasteiger partial charge in [-0.1, -0.05) is 6.07 Å². The zero-order valence-electron chi connectivity index (χ0n) is 19.1. The molecule has 0 amide bonds. The number of morpholine rings is 1. The van der Waals surface area contributed by atoms with Gasteiger partial charge in [-0.05, 0) is 32.0 Å². The van der Waals surface area contributed by atoms with Crippen LogP contribution in [-0.2, 0) is 24.9 Å². The second-order valence-electron chi connectivity index (χ2n) is 7.86. The molecule has 31 heavy (non-hydrogen) atoms. The van der Waals surface area contributed by atoms with Crippen LogP contribution in [0.2, 0.25) is 0 Å². The van der Waals surface area contributed by atoms with Crippen LogP contribution in [0.25, 0.3) is 0 Å². The van der Waals surface area contributed by atoms with Crippen molar-refractivity contribution >= 4 is 11.8 Å². The van der Waals surface area contributed by atoms with E-state index in [-0.39, 0.29) is 0 Å². The fraction of sp³-hybridized carbons (Fsp3) is 0.619. The van der Waals surface area contributed by atoms with Crippen LogP contribution in [0.1, 0.15) is 23.8 Å². The van der Waals surface area contributed by atoms with Crippen LogP contribution in [-0.4, -0.2) is 84.1 Å². The van der Waals surface area contributed by atoms with Gasteiger partial charge in [0, 0.05) is 40.8 Å². The highest BCUT2D eigenvalue weighted by atomic mass is 16.5. The van der Waals surface area contributed by atoms with Crippen molar-refractivity contribution in [2.45, 2.75) is 26.4 Å². The number of aromatic nitrogens is 4. The first-order valence-electron chi connectivity index (χ1n) is 10.8. The minimum Gasteiger partial charge on any atom is -0.379 e. The normalized spacial score (nSPS) is 15.2. The second kappa shape index (κ2) is 11.6. The lowest BCUT2D eigenvalue weighted by molar-refractivity contribution is 0.0376. The van der Waals surface area contributed by atoms with Crippen molar-refractivity contribution in [2.24, 2.45) is 12.0 Å². The van der Waals surface area contributed by atoms with Crippen molar-refractivity contribution in [3.8, 4) is 0 Å². The van der Waals surface area contributed by atoms with Gasteiger partial charge in [0.15, 0.2) is 11.8 Å². The Kier molecular flexibility index (Phi) is 8.60. The number of ether oxygens (including phenoxy) is 1. The first kappa shape index (κ1) is 23.0. The molecule has 1 saturated heterocycles. The van der Waals surface area contributed by atoms with Crippen LogP contribution < -0.4 is 15.5 Å². The molecule has 1 aliphatic rings. The minimum atomic E-state index is 0.498. The molecule has 1 aliphatic heterocycles. The molecule has 0 saturated carbocycles. The van der Waals surface area contributed by atoms with Crippen LogP contribution >= 0.6 is 0 Å². The van der Waals surface area contributed by atoms with Gasteiger partial charge in [-0.15, -0.1) is 10.2 Å². The molecule has 0 bridgehead atoms. The summed E-state index contributed by atoms with van der Waals surface area (Å²) in [4.78, 5) is 13.8. The van der Waals surface area contributed by atoms with Gasteiger partial charge in [-0.2, -0.15) is 0 Å². The van der Waals surface area contributed by atoms with Gasteiger partial charge in [0.25, 0.3) is 0 Å². The topological polar surface area (TPSA) is 95.7 Å². The molecule has 2 aromatic rings. The fourth-order valence-corrected chi connectivity index (χ4v) is 3.24. The molecule has 0 spiro atoms. The monoisotopic (exact) mass is 429 g/mol. The summed E-state index contributed by atoms with van der Waals surface area (Å²) >= 11 is 0. The lowest BCUT2D eigenvalue weighted by atomic mass is 10.3. The standard InChI is InChI=1S/C21H35N9O/c1-17-26-27-20(29(17)4)16-24-21(22-9-6-10-30-11-13-31-14-12-30)23-15-18-7-5-8-19(25-18)28(2)3/h5,7-8H,6,9-16H2,1-4H3,(H2,22,23,24). The average Bonchev–Trinajstić information content (AvgIpc) is 3.11. The number of aryl methyl sites for hydroxylation is 1. The van der Waals surface area contributed by atoms with Crippen LogP contribution in [0.5, 0.6) is 0 Å². The molecule has 170 valence electrons. The van der Waals surface area contributed by atoms with E-state index in [1.54, 1.807) is 0 Å². The van der Waals surface area contributed by atoms with Gasteiger partial charge in [-0.3, -0.25) is 4.90 Å². The third-order valence-corrected chi connectivity index (χ3v) is 5.29. The summed E-state index contributed by atoms with van der Waals surface area (Å²) < 4.78 is 7.40. The van der Waals surface area contributed by atoms with Gasteiger partial charge in [0.2, 0.25) is 0 Å². The Morgan fingerprint density at radius 1 is 1.19 bits per heavy atom. The van der Waals surface area contributed by atoms with Crippen LogP contribution in [0.3, 0.4) is 0 Å². The quantitative estimate of drug-likeness (QED) is 0.339. The lowest BCUT2D eigenvalue weighted by Crippen LogP contribution is -2.40. The zero-order valence-corrected chi connectivity index (χ0v) is 19.1. The predicted molar refractivity (Wildman–Crippen MR) is 122 cm³/mol. The van der Waals surface area contributed by atoms with E-state index < -0.39 is 0 Å². The van der Waals surface area contributed by atoms with Crippen LogP contribution in [0.4, 0.5) is 5.82 Å². The zero-order chi connectivity index (χ0) is 22.1. The number of nitrogens with zero attached hydrogens (tertiary/aromatic N) is 7. The minimum absolute atomic E-state index is 0.498. The number of pyridine rings is 1. The van der Waals surface area contributed by atoms with Crippen molar-refractivity contribution in [3.63, 3.8) is 0 Å². The molecule has 2 N–H and O–H groups in total. The van der Waals surface area contributed by atoms with Crippen molar-refractivity contribution < 1.29 is 4.74 Å². The van der Waals surface area contributed by atoms with Crippen molar-refractivity contribution in [2.75, 3.05) is 58.4 Å². The summed E-state index contributed by atoms with van der Waals surface area (Å²) in [5.74, 6) is 3.43. The molecule has 0 aromatic carbocycles. The number of aliphatic imine (C=N–C) groups is 1. The summed E-state index contributed by atoms with van der Waals surface area (Å²) in [6.07, 6.45) is 1.04. The second-order valence-corrected chi connectivity index (χ2v) is 7.86. The maximum Gasteiger partial charge on any atom is 0.192 e. The predicted octanol–water partition coefficient (Wildman–Crippen LogP) is 0.542. The van der Waals surface area contributed by atoms with E-state index in [9.17, 15) is 0 Å². The van der Waals surface area contributed by atoms with E-state index in [2.05, 4.69) is 30.7 Å². The smallest absolute Gasteiger partial charge is 0.192 e. The molecule has 1 fully saturated rings. The van der Waals surface area contributed by atoms with Gasteiger partial charge >= 0.3 is 0 Å². The largest absolute Gasteiger partial charge is 0.379 e. The molecular formula is C21H35N9O. The number of nitrogens with one attached hydrogen (secondary N) is 2. The number of hydrogen-bond donors (Lipinski definition) is 2. The first-order chi connectivity index (χ1) is 15.0. The van der Waals surface area contributed by atoms with Gasteiger partial charge in [0.05, 0.1) is 32.0 Å². The van der Waals surface area contributed by atoms with Gasteiger partial charge in [-0.25, -0.2) is 9.98 Å². The molecule has 2 aromatic heterocycles. The molecule has 0 radical (unpaired) electrons. The Labute approximate surface area is 184 Å². The number of anilines is 1. The Morgan fingerprint density at radius 2 is 2.00 bits per heavy atom. The van der Waals surface area contributed by atoms with E-state index in [1.165, 1.54) is 0 Å². The molecule has 0 atom stereocenters. The first-order valence-corrected chi connectivity index (χ1v) is 10.8. The third kappa shape index (κ3) is 7.18. The van der Waals surface area contributed by atoms with E-state index in [4.69, 9.17) is 9.73 Å². The highest BCUT2D eigenvalue weighted by Gasteiger charge is 2.10. The van der Waals surface area contributed by atoms with Crippen molar-refractivity contribution in [1.82, 2.24) is 35.3 Å². The molecule has 10 nitrogen and oxygen atoms in total. The Hall–Kier alpha value is -2.72. The Morgan fingerprint density at radius 3 is 2.71 bits per heavy atom. The molecule has 3 rings (SSSR count). The molecular weight excluding hydrogens is 394 g/mol. The molecule has 3 heterocycles. The molecule has 0 aliphatic carbocycles. The van der Waals surface area contributed by atoms with Crippen LogP contribution in [0.15, 0.2) is 23.2 Å². The summed E-state index contributed by atoms with van der Waals surface area (Å²) in [6, 6.07) is 6.00. The Balaban J connectivity index is 1.57. The highest BCUT2D eigenvalue weighted by Crippen LogP contribution is 2.08. The van der Waals surface area contributed by atoms with Crippen molar-refractivity contribution in [1.29, 1.82) is 0 Å². The maximum atomic E-state index is 5.42. The third-order valence-electron chi connectivity index (χ3n) is 5.29. The van der Waals surface area contributed by atoms with Gasteiger partial charge in [0.1, 0.15) is 11.6 Å². The van der Waals surface area contributed by atoms with Crippen molar-refractivity contribution in [3.05, 3.63) is 35.5 Å². The summed E-state index contributed by atoms with van der Waals surface area (Å²) in [5, 5.41) is 15.2. The molecule has 10 heteroatoms. The van der Waals surface area contributed by atoms with E-state index in [0.717, 1.165) is 74.9 Å². The lowest BCUT2D eigenvalue weighted by Gasteiger charge is -2.26. The number of guanidine groups is 1. The average molecular weight is 430 g/mol. The highest BCUT2D eigenvalue weighted by molar-refractivity contribution is 5.79. The fourth-order valence-electron chi connectivity index (χ4n) is 3.24.